The van der Waals surface area contributed by atoms with Gasteiger partial charge in [-0.1, -0.05) is 0 Å². The third kappa shape index (κ3) is 4.09. The lowest BCUT2D eigenvalue weighted by Gasteiger charge is -2.20. The van der Waals surface area contributed by atoms with E-state index in [0.717, 1.165) is 0 Å². The number of rotatable bonds is 5. The fraction of sp³-hybridized carbons (Fsp3) is 0.538. The number of aromatic nitrogens is 2. The monoisotopic (exact) mass is 277 g/mol. The van der Waals surface area contributed by atoms with Crippen LogP contribution >= 0.6 is 0 Å². The molecule has 0 radical (unpaired) electrons. The van der Waals surface area contributed by atoms with Gasteiger partial charge in [-0.05, 0) is 20.8 Å². The topological polar surface area (TPSA) is 91.0 Å². The van der Waals surface area contributed by atoms with E-state index in [1.54, 1.807) is 24.7 Å². The average molecular weight is 277 g/mol. The smallest absolute Gasteiger partial charge is 0.313 e. The van der Waals surface area contributed by atoms with Gasteiger partial charge in [-0.2, -0.15) is 10.4 Å². The molecule has 0 bridgehead atoms. The first-order chi connectivity index (χ1) is 9.51. The molecule has 0 saturated heterocycles. The zero-order chi connectivity index (χ0) is 15.1. The highest BCUT2D eigenvalue weighted by Gasteiger charge is 2.22. The summed E-state index contributed by atoms with van der Waals surface area (Å²) in [6.07, 6.45) is 3.14. The number of hydrogen-bond donors (Lipinski definition) is 1. The molecule has 0 aliphatic heterocycles. The number of carbonyl (C=O) groups excluding carboxylic acids is 2. The predicted molar refractivity (Wildman–Crippen MR) is 73.6 cm³/mol. The maximum absolute atomic E-state index is 12.0. The van der Waals surface area contributed by atoms with Crippen molar-refractivity contribution >= 4 is 17.5 Å². The molecule has 0 aliphatic rings. The summed E-state index contributed by atoms with van der Waals surface area (Å²) >= 11 is 0. The summed E-state index contributed by atoms with van der Waals surface area (Å²) in [7, 11) is 0. The molecule has 1 aromatic heterocycles. The highest BCUT2D eigenvalue weighted by atomic mass is 16.2. The number of nitrogens with zero attached hydrogens (tertiary/aromatic N) is 4. The van der Waals surface area contributed by atoms with E-state index in [2.05, 4.69) is 10.4 Å². The second kappa shape index (κ2) is 7.28. The van der Waals surface area contributed by atoms with Gasteiger partial charge in [0.25, 0.3) is 0 Å². The van der Waals surface area contributed by atoms with E-state index in [9.17, 15) is 9.59 Å². The second-order valence-corrected chi connectivity index (χ2v) is 4.41. The molecule has 1 atom stereocenters. The molecule has 0 spiro atoms. The Balaban J connectivity index is 2.65. The fourth-order valence-corrected chi connectivity index (χ4v) is 1.66. The number of aryl methyl sites for hydroxylation is 1. The number of hydrogen-bond acceptors (Lipinski definition) is 4. The molecule has 2 amide bonds. The zero-order valence-corrected chi connectivity index (χ0v) is 12.0. The van der Waals surface area contributed by atoms with Gasteiger partial charge in [-0.25, -0.2) is 0 Å². The molecule has 0 aliphatic carbocycles. The molecule has 0 saturated carbocycles. The summed E-state index contributed by atoms with van der Waals surface area (Å²) in [6, 6.07) is 2.05. The van der Waals surface area contributed by atoms with Gasteiger partial charge in [0.1, 0.15) is 0 Å². The van der Waals surface area contributed by atoms with Crippen molar-refractivity contribution < 1.29 is 9.59 Å². The maximum Gasteiger partial charge on any atom is 0.313 e. The maximum atomic E-state index is 12.0. The van der Waals surface area contributed by atoms with E-state index in [1.807, 2.05) is 13.0 Å². The van der Waals surface area contributed by atoms with Crippen LogP contribution in [-0.4, -0.2) is 39.6 Å². The van der Waals surface area contributed by atoms with Crippen LogP contribution in [0.25, 0.3) is 0 Å². The van der Waals surface area contributed by atoms with Crippen molar-refractivity contribution in [2.45, 2.75) is 27.3 Å². The predicted octanol–water partition coefficient (Wildman–Crippen LogP) is 0.850. The number of amides is 2. The molecule has 1 heterocycles. The normalized spacial score (nSPS) is 11.5. The van der Waals surface area contributed by atoms with Crippen LogP contribution in [0.15, 0.2) is 12.4 Å². The average Bonchev–Trinajstić information content (AvgIpc) is 2.91. The number of anilines is 1. The largest absolute Gasteiger partial charge is 0.333 e. The summed E-state index contributed by atoms with van der Waals surface area (Å²) in [5.74, 6) is -1.67. The molecule has 108 valence electrons. The Kier molecular flexibility index (Phi) is 5.72. The molecule has 20 heavy (non-hydrogen) atoms. The molecule has 0 aromatic carbocycles. The van der Waals surface area contributed by atoms with Crippen LogP contribution in [0.3, 0.4) is 0 Å². The number of nitrogens with one attached hydrogen (secondary N) is 1. The van der Waals surface area contributed by atoms with E-state index >= 15 is 0 Å². The quantitative estimate of drug-likeness (QED) is 0.808. The first kappa shape index (κ1) is 15.7. The standard InChI is InChI=1S/C13H19N5O2/c1-4-17(8-10(3)6-14)13(20)12(19)16-11-7-15-18(5-2)9-11/h7,9-10H,4-5,8H2,1-3H3,(H,16,19). The van der Waals surface area contributed by atoms with Crippen LogP contribution in [0, 0.1) is 17.2 Å². The van der Waals surface area contributed by atoms with Crippen molar-refractivity contribution in [2.24, 2.45) is 5.92 Å². The van der Waals surface area contributed by atoms with Crippen LogP contribution in [0.2, 0.25) is 0 Å². The van der Waals surface area contributed by atoms with Crippen molar-refractivity contribution in [2.75, 3.05) is 18.4 Å². The Labute approximate surface area is 118 Å². The third-order valence-corrected chi connectivity index (χ3v) is 2.79. The summed E-state index contributed by atoms with van der Waals surface area (Å²) in [5, 5.41) is 15.3. The van der Waals surface area contributed by atoms with Crippen molar-refractivity contribution in [3.05, 3.63) is 12.4 Å². The zero-order valence-electron chi connectivity index (χ0n) is 12.0. The van der Waals surface area contributed by atoms with Gasteiger partial charge in [-0.15, -0.1) is 0 Å². The number of nitriles is 1. The lowest BCUT2D eigenvalue weighted by atomic mass is 10.2. The van der Waals surface area contributed by atoms with E-state index in [1.165, 1.54) is 11.1 Å². The first-order valence-corrected chi connectivity index (χ1v) is 6.54. The summed E-state index contributed by atoms with van der Waals surface area (Å²) in [4.78, 5) is 25.2. The highest BCUT2D eigenvalue weighted by Crippen LogP contribution is 2.06. The molecule has 7 heteroatoms. The minimum absolute atomic E-state index is 0.244. The van der Waals surface area contributed by atoms with Crippen LogP contribution in [0.1, 0.15) is 20.8 Å². The molecule has 1 aromatic rings. The number of carbonyl (C=O) groups is 2. The minimum atomic E-state index is -0.715. The van der Waals surface area contributed by atoms with Gasteiger partial charge >= 0.3 is 11.8 Å². The van der Waals surface area contributed by atoms with E-state index in [-0.39, 0.29) is 12.5 Å². The Hall–Kier alpha value is -2.36. The van der Waals surface area contributed by atoms with Crippen molar-refractivity contribution in [1.82, 2.24) is 14.7 Å². The fourth-order valence-electron chi connectivity index (χ4n) is 1.66. The Morgan fingerprint density at radius 2 is 2.25 bits per heavy atom. The lowest BCUT2D eigenvalue weighted by Crippen LogP contribution is -2.41. The van der Waals surface area contributed by atoms with Gasteiger partial charge < -0.3 is 10.2 Å². The first-order valence-electron chi connectivity index (χ1n) is 6.54. The van der Waals surface area contributed by atoms with Gasteiger partial charge in [0.15, 0.2) is 0 Å². The molecule has 1 N–H and O–H groups in total. The Morgan fingerprint density at radius 3 is 2.75 bits per heavy atom. The van der Waals surface area contributed by atoms with E-state index < -0.39 is 11.8 Å². The van der Waals surface area contributed by atoms with Crippen LogP contribution < -0.4 is 5.32 Å². The molecule has 1 unspecified atom stereocenters. The SMILES string of the molecule is CCN(CC(C)C#N)C(=O)C(=O)Nc1cnn(CC)c1. The second-order valence-electron chi connectivity index (χ2n) is 4.41. The van der Waals surface area contributed by atoms with Crippen LogP contribution in [0.5, 0.6) is 0 Å². The molecule has 7 nitrogen and oxygen atoms in total. The van der Waals surface area contributed by atoms with Gasteiger partial charge in [0.05, 0.1) is 23.9 Å². The molecule has 0 fully saturated rings. The van der Waals surface area contributed by atoms with Crippen molar-refractivity contribution in [3.63, 3.8) is 0 Å². The number of likely N-dealkylation sites (N-methyl/N-ethyl adjacent to an activating group) is 1. The summed E-state index contributed by atoms with van der Waals surface area (Å²) < 4.78 is 1.65. The summed E-state index contributed by atoms with van der Waals surface area (Å²) in [5.41, 5.74) is 0.481. The van der Waals surface area contributed by atoms with Gasteiger partial charge in [0, 0.05) is 25.8 Å². The Morgan fingerprint density at radius 1 is 1.55 bits per heavy atom. The van der Waals surface area contributed by atoms with Gasteiger partial charge in [-0.3, -0.25) is 14.3 Å². The van der Waals surface area contributed by atoms with E-state index in [4.69, 9.17) is 5.26 Å². The van der Waals surface area contributed by atoms with Gasteiger partial charge in [0.2, 0.25) is 0 Å². The molecular weight excluding hydrogens is 258 g/mol. The highest BCUT2D eigenvalue weighted by molar-refractivity contribution is 6.39. The van der Waals surface area contributed by atoms with Crippen molar-refractivity contribution in [3.8, 4) is 6.07 Å². The van der Waals surface area contributed by atoms with Crippen LogP contribution in [0.4, 0.5) is 5.69 Å². The third-order valence-electron chi connectivity index (χ3n) is 2.79. The lowest BCUT2D eigenvalue weighted by molar-refractivity contribution is -0.143. The van der Waals surface area contributed by atoms with Crippen molar-refractivity contribution in [1.29, 1.82) is 5.26 Å². The Bertz CT molecular complexity index is 517. The summed E-state index contributed by atoms with van der Waals surface area (Å²) in [6.45, 7) is 6.71. The molecular formula is C13H19N5O2. The molecule has 1 rings (SSSR count). The minimum Gasteiger partial charge on any atom is -0.333 e. The van der Waals surface area contributed by atoms with Crippen LogP contribution in [-0.2, 0) is 16.1 Å². The van der Waals surface area contributed by atoms with E-state index in [0.29, 0.717) is 18.8 Å².